The largest absolute Gasteiger partial charge is 0.507 e. The van der Waals surface area contributed by atoms with E-state index in [1.54, 1.807) is 6.07 Å². The van der Waals surface area contributed by atoms with Gasteiger partial charge in [0.25, 0.3) is 0 Å². The van der Waals surface area contributed by atoms with Crippen molar-refractivity contribution in [1.29, 1.82) is 0 Å². The highest BCUT2D eigenvalue weighted by atomic mass is 16.7. The van der Waals surface area contributed by atoms with Gasteiger partial charge in [-0.05, 0) is 57.9 Å². The van der Waals surface area contributed by atoms with Gasteiger partial charge in [-0.15, -0.1) is 0 Å². The number of ether oxygens (including phenoxy) is 2. The van der Waals surface area contributed by atoms with E-state index in [0.29, 0.717) is 12.3 Å². The van der Waals surface area contributed by atoms with Crippen molar-refractivity contribution in [2.24, 2.45) is 5.92 Å². The lowest BCUT2D eigenvalue weighted by Crippen LogP contribution is -2.31. The summed E-state index contributed by atoms with van der Waals surface area (Å²) in [5.41, 5.74) is 0.864. The Bertz CT molecular complexity index is 485. The summed E-state index contributed by atoms with van der Waals surface area (Å²) >= 11 is 0. The van der Waals surface area contributed by atoms with E-state index in [-0.39, 0.29) is 12.5 Å². The molecule has 5 nitrogen and oxygen atoms in total. The number of nitrogens with zero attached hydrogens (tertiary/aromatic N) is 1. The number of fused-ring (bicyclic) bond motifs is 1. The minimum absolute atomic E-state index is 0.238. The van der Waals surface area contributed by atoms with Gasteiger partial charge >= 0.3 is 0 Å². The lowest BCUT2D eigenvalue weighted by Gasteiger charge is -2.28. The predicted octanol–water partition coefficient (Wildman–Crippen LogP) is 1.94. The zero-order valence-electron chi connectivity index (χ0n) is 12.6. The molecular weight excluding hydrogens is 268 g/mol. The van der Waals surface area contributed by atoms with Crippen LogP contribution in [-0.4, -0.2) is 43.5 Å². The molecule has 0 radical (unpaired) electrons. The van der Waals surface area contributed by atoms with Crippen LogP contribution >= 0.6 is 0 Å². The summed E-state index contributed by atoms with van der Waals surface area (Å²) in [4.78, 5) is 2.40. The summed E-state index contributed by atoms with van der Waals surface area (Å²) in [6.07, 6.45) is 3.81. The molecule has 0 atom stereocenters. The molecule has 0 aliphatic carbocycles. The highest BCUT2D eigenvalue weighted by Gasteiger charge is 2.18. The zero-order chi connectivity index (χ0) is 14.7. The molecule has 0 saturated carbocycles. The quantitative estimate of drug-likeness (QED) is 0.812. The van der Waals surface area contributed by atoms with Gasteiger partial charge in [0.05, 0.1) is 0 Å². The van der Waals surface area contributed by atoms with E-state index in [1.165, 1.54) is 32.4 Å². The predicted molar refractivity (Wildman–Crippen MR) is 80.8 cm³/mol. The zero-order valence-corrected chi connectivity index (χ0v) is 12.6. The molecule has 1 aromatic rings. The molecule has 0 spiro atoms. The molecule has 2 aliphatic heterocycles. The molecule has 21 heavy (non-hydrogen) atoms. The number of phenols is 1. The van der Waals surface area contributed by atoms with Gasteiger partial charge in [0.15, 0.2) is 11.5 Å². The molecule has 2 aliphatic rings. The summed E-state index contributed by atoms with van der Waals surface area (Å²) < 4.78 is 10.6. The van der Waals surface area contributed by atoms with Crippen LogP contribution in [0, 0.1) is 5.92 Å². The Labute approximate surface area is 125 Å². The van der Waals surface area contributed by atoms with Gasteiger partial charge in [-0.1, -0.05) is 0 Å². The SMILES string of the molecule is CN1CCC(CCNCc2cc3c(cc2O)OCO3)CC1. The Morgan fingerprint density at radius 3 is 2.71 bits per heavy atom. The van der Waals surface area contributed by atoms with Crippen LogP contribution in [0.4, 0.5) is 0 Å². The Hall–Kier alpha value is -1.46. The molecule has 1 saturated heterocycles. The van der Waals surface area contributed by atoms with Crippen LogP contribution in [0.5, 0.6) is 17.2 Å². The number of phenolic OH excluding ortho intramolecular Hbond substituents is 1. The van der Waals surface area contributed by atoms with Gasteiger partial charge in [0.1, 0.15) is 5.75 Å². The van der Waals surface area contributed by atoms with E-state index in [0.717, 1.165) is 23.8 Å². The van der Waals surface area contributed by atoms with Crippen LogP contribution in [0.3, 0.4) is 0 Å². The minimum atomic E-state index is 0.238. The number of nitrogens with one attached hydrogen (secondary N) is 1. The second kappa shape index (κ2) is 6.54. The van der Waals surface area contributed by atoms with Crippen LogP contribution in [0.1, 0.15) is 24.8 Å². The van der Waals surface area contributed by atoms with Gasteiger partial charge in [0.2, 0.25) is 6.79 Å². The molecule has 0 aromatic heterocycles. The molecule has 3 rings (SSSR count). The van der Waals surface area contributed by atoms with E-state index in [2.05, 4.69) is 17.3 Å². The summed E-state index contributed by atoms with van der Waals surface area (Å²) in [7, 11) is 2.19. The highest BCUT2D eigenvalue weighted by Crippen LogP contribution is 2.37. The summed E-state index contributed by atoms with van der Waals surface area (Å²) in [5, 5.41) is 13.4. The first kappa shape index (κ1) is 14.5. The lowest BCUT2D eigenvalue weighted by molar-refractivity contribution is 0.174. The number of hydrogen-bond acceptors (Lipinski definition) is 5. The number of aromatic hydroxyl groups is 1. The molecule has 116 valence electrons. The maximum absolute atomic E-state index is 9.97. The van der Waals surface area contributed by atoms with Crippen molar-refractivity contribution >= 4 is 0 Å². The first-order chi connectivity index (χ1) is 10.2. The van der Waals surface area contributed by atoms with Crippen molar-refractivity contribution in [2.75, 3.05) is 33.5 Å². The molecule has 2 N–H and O–H groups in total. The smallest absolute Gasteiger partial charge is 0.231 e. The second-order valence-corrected chi connectivity index (χ2v) is 6.05. The number of benzene rings is 1. The topological polar surface area (TPSA) is 54.0 Å². The van der Waals surface area contributed by atoms with Crippen LogP contribution < -0.4 is 14.8 Å². The van der Waals surface area contributed by atoms with Crippen molar-refractivity contribution < 1.29 is 14.6 Å². The van der Waals surface area contributed by atoms with E-state index < -0.39 is 0 Å². The van der Waals surface area contributed by atoms with Crippen molar-refractivity contribution in [2.45, 2.75) is 25.8 Å². The summed E-state index contributed by atoms with van der Waals surface area (Å²) in [5.74, 6) is 2.45. The number of rotatable bonds is 5. The Morgan fingerprint density at radius 1 is 1.24 bits per heavy atom. The van der Waals surface area contributed by atoms with Gasteiger partial charge in [-0.3, -0.25) is 0 Å². The van der Waals surface area contributed by atoms with E-state index in [4.69, 9.17) is 9.47 Å². The molecule has 2 heterocycles. The molecular formula is C16H24N2O3. The number of piperidine rings is 1. The molecule has 0 bridgehead atoms. The van der Waals surface area contributed by atoms with Gasteiger partial charge < -0.3 is 24.8 Å². The van der Waals surface area contributed by atoms with Crippen LogP contribution in [0.25, 0.3) is 0 Å². The molecule has 5 heteroatoms. The third-order valence-electron chi connectivity index (χ3n) is 4.46. The summed E-state index contributed by atoms with van der Waals surface area (Å²) in [6, 6.07) is 3.50. The van der Waals surface area contributed by atoms with Crippen LogP contribution in [-0.2, 0) is 6.54 Å². The maximum Gasteiger partial charge on any atom is 0.231 e. The minimum Gasteiger partial charge on any atom is -0.507 e. The maximum atomic E-state index is 9.97. The fraction of sp³-hybridized carbons (Fsp3) is 0.625. The van der Waals surface area contributed by atoms with Crippen LogP contribution in [0.15, 0.2) is 12.1 Å². The van der Waals surface area contributed by atoms with E-state index >= 15 is 0 Å². The Balaban J connectivity index is 1.43. The summed E-state index contributed by atoms with van der Waals surface area (Å²) in [6.45, 7) is 4.32. The van der Waals surface area contributed by atoms with Gasteiger partial charge in [0, 0.05) is 18.2 Å². The van der Waals surface area contributed by atoms with Crippen molar-refractivity contribution in [3.8, 4) is 17.2 Å². The number of likely N-dealkylation sites (tertiary alicyclic amines) is 1. The molecule has 0 amide bonds. The number of hydrogen-bond donors (Lipinski definition) is 2. The monoisotopic (exact) mass is 292 g/mol. The Morgan fingerprint density at radius 2 is 1.95 bits per heavy atom. The highest BCUT2D eigenvalue weighted by molar-refractivity contribution is 5.51. The van der Waals surface area contributed by atoms with E-state index in [1.807, 2.05) is 6.07 Å². The van der Waals surface area contributed by atoms with Crippen molar-refractivity contribution in [3.63, 3.8) is 0 Å². The fourth-order valence-corrected chi connectivity index (χ4v) is 2.99. The molecule has 1 fully saturated rings. The van der Waals surface area contributed by atoms with Crippen molar-refractivity contribution in [1.82, 2.24) is 10.2 Å². The molecule has 1 aromatic carbocycles. The third-order valence-corrected chi connectivity index (χ3v) is 4.46. The average Bonchev–Trinajstić information content (AvgIpc) is 2.92. The lowest BCUT2D eigenvalue weighted by atomic mass is 9.94. The van der Waals surface area contributed by atoms with Crippen LogP contribution in [0.2, 0.25) is 0 Å². The average molecular weight is 292 g/mol. The third kappa shape index (κ3) is 3.60. The standard InChI is InChI=1S/C16H24N2O3/c1-18-6-3-12(4-7-18)2-5-17-10-13-8-15-16(9-14(13)19)21-11-20-15/h8-9,12,17,19H,2-7,10-11H2,1H3. The van der Waals surface area contributed by atoms with Crippen molar-refractivity contribution in [3.05, 3.63) is 17.7 Å². The molecule has 0 unspecified atom stereocenters. The normalized spacial score (nSPS) is 19.1. The Kier molecular flexibility index (Phi) is 4.51. The second-order valence-electron chi connectivity index (χ2n) is 6.05. The first-order valence-corrected chi connectivity index (χ1v) is 7.73. The first-order valence-electron chi connectivity index (χ1n) is 7.73. The van der Waals surface area contributed by atoms with Gasteiger partial charge in [-0.2, -0.15) is 0 Å². The van der Waals surface area contributed by atoms with E-state index in [9.17, 15) is 5.11 Å². The van der Waals surface area contributed by atoms with Gasteiger partial charge in [-0.25, -0.2) is 0 Å². The fourth-order valence-electron chi connectivity index (χ4n) is 2.99.